The second-order valence-electron chi connectivity index (χ2n) is 8.67. The van der Waals surface area contributed by atoms with E-state index in [1.807, 2.05) is 17.7 Å². The number of aliphatic hydroxyl groups is 1. The molecule has 0 saturated heterocycles. The van der Waals surface area contributed by atoms with Gasteiger partial charge in [-0.25, -0.2) is 9.18 Å². The summed E-state index contributed by atoms with van der Waals surface area (Å²) in [5.74, 6) is -0.281. The summed E-state index contributed by atoms with van der Waals surface area (Å²) >= 11 is 0. The van der Waals surface area contributed by atoms with E-state index < -0.39 is 6.23 Å². The molecule has 8 heteroatoms. The van der Waals surface area contributed by atoms with Crippen molar-refractivity contribution in [3.63, 3.8) is 0 Å². The van der Waals surface area contributed by atoms with E-state index in [2.05, 4.69) is 20.2 Å². The maximum absolute atomic E-state index is 14.1. The molecule has 1 aliphatic carbocycles. The second-order valence-corrected chi connectivity index (χ2v) is 8.67. The van der Waals surface area contributed by atoms with Gasteiger partial charge in [-0.15, -0.1) is 0 Å². The molecule has 4 N–H and O–H groups in total. The number of nitrogens with zero attached hydrogens (tertiary/aromatic N) is 2. The molecule has 2 aromatic heterocycles. The Hall–Kier alpha value is -2.42. The molecule has 2 aliphatic rings. The fourth-order valence-corrected chi connectivity index (χ4v) is 5.09. The largest absolute Gasteiger partial charge is 0.373 e. The number of hydrogen-bond acceptors (Lipinski definition) is 4. The van der Waals surface area contributed by atoms with Crippen molar-refractivity contribution in [3.05, 3.63) is 57.6 Å². The van der Waals surface area contributed by atoms with Crippen LogP contribution in [0.4, 0.5) is 4.39 Å². The average Bonchev–Trinajstić information content (AvgIpc) is 3.36. The average molecular weight is 413 g/mol. The van der Waals surface area contributed by atoms with Crippen molar-refractivity contribution < 1.29 is 9.50 Å². The summed E-state index contributed by atoms with van der Waals surface area (Å²) in [7, 11) is 0. The van der Waals surface area contributed by atoms with Gasteiger partial charge in [-0.1, -0.05) is 12.5 Å². The monoisotopic (exact) mass is 413 g/mol. The molecule has 0 spiro atoms. The highest BCUT2D eigenvalue weighted by Gasteiger charge is 2.30. The molecule has 5 rings (SSSR count). The normalized spacial score (nSPS) is 23.6. The summed E-state index contributed by atoms with van der Waals surface area (Å²) in [6.07, 6.45) is 5.11. The Balaban J connectivity index is 1.26. The predicted octanol–water partition coefficient (Wildman–Crippen LogP) is 2.51. The Morgan fingerprint density at radius 1 is 1.30 bits per heavy atom. The van der Waals surface area contributed by atoms with Crippen LogP contribution in [0, 0.1) is 12.7 Å². The van der Waals surface area contributed by atoms with E-state index in [0.29, 0.717) is 17.1 Å². The van der Waals surface area contributed by atoms with Gasteiger partial charge in [0.15, 0.2) is 0 Å². The van der Waals surface area contributed by atoms with E-state index in [9.17, 15) is 14.3 Å². The molecule has 7 nitrogen and oxygen atoms in total. The van der Waals surface area contributed by atoms with Gasteiger partial charge in [0, 0.05) is 43.3 Å². The third-order valence-electron chi connectivity index (χ3n) is 6.75. The van der Waals surface area contributed by atoms with Crippen molar-refractivity contribution in [1.82, 2.24) is 24.8 Å². The molecule has 3 atom stereocenters. The van der Waals surface area contributed by atoms with Crippen molar-refractivity contribution in [2.45, 2.75) is 64.0 Å². The molecule has 1 aliphatic heterocycles. The molecule has 0 radical (unpaired) electrons. The smallest absolute Gasteiger partial charge is 0.325 e. The number of nitrogens with one attached hydrogen (secondary N) is 3. The number of fused-ring (bicyclic) bond motifs is 2. The predicted molar refractivity (Wildman–Crippen MR) is 113 cm³/mol. The Kier molecular flexibility index (Phi) is 5.00. The molecule has 30 heavy (non-hydrogen) atoms. The standard InChI is InChI=1S/C22H28FN5O2/c1-13-5-6-18(23)17-10-19(26-20(13)17)21(29)25-14-3-2-4-15(9-14)27-7-8-28-16(12-27)11-24-22(28)30/h5-6,10-11,14-15,21,25-26,29H,2-4,7-9,12H2,1H3,(H,24,30)/t14-,15+,21?/m1/s1. The lowest BCUT2D eigenvalue weighted by molar-refractivity contribution is 0.0740. The number of H-pyrrole nitrogens is 2. The lowest BCUT2D eigenvalue weighted by Crippen LogP contribution is -2.48. The number of aromatic amines is 2. The molecule has 160 valence electrons. The minimum atomic E-state index is -0.865. The number of benzene rings is 1. The van der Waals surface area contributed by atoms with Gasteiger partial charge in [-0.05, 0) is 43.9 Å². The summed E-state index contributed by atoms with van der Waals surface area (Å²) < 4.78 is 15.9. The molecule has 3 heterocycles. The lowest BCUT2D eigenvalue weighted by Gasteiger charge is -2.40. The summed E-state index contributed by atoms with van der Waals surface area (Å²) in [5.41, 5.74) is 3.29. The van der Waals surface area contributed by atoms with E-state index in [4.69, 9.17) is 0 Å². The molecular weight excluding hydrogens is 385 g/mol. The van der Waals surface area contributed by atoms with Crippen LogP contribution in [0.3, 0.4) is 0 Å². The van der Waals surface area contributed by atoms with Crippen LogP contribution in [0.25, 0.3) is 10.9 Å². The number of imidazole rings is 1. The minimum absolute atomic E-state index is 0.0269. The third-order valence-corrected chi connectivity index (χ3v) is 6.75. The van der Waals surface area contributed by atoms with Gasteiger partial charge in [0.25, 0.3) is 0 Å². The number of aryl methyl sites for hydroxylation is 1. The molecular formula is C22H28FN5O2. The van der Waals surface area contributed by atoms with Crippen LogP contribution < -0.4 is 11.0 Å². The van der Waals surface area contributed by atoms with E-state index in [0.717, 1.165) is 62.1 Å². The van der Waals surface area contributed by atoms with Gasteiger partial charge in [-0.3, -0.25) is 14.8 Å². The molecule has 0 amide bonds. The highest BCUT2D eigenvalue weighted by atomic mass is 19.1. The van der Waals surface area contributed by atoms with Crippen molar-refractivity contribution in [2.75, 3.05) is 6.54 Å². The molecule has 0 bridgehead atoms. The number of aromatic nitrogens is 3. The highest BCUT2D eigenvalue weighted by Crippen LogP contribution is 2.29. The summed E-state index contributed by atoms with van der Waals surface area (Å²) in [6.45, 7) is 4.29. The van der Waals surface area contributed by atoms with E-state index in [1.165, 1.54) is 6.07 Å². The van der Waals surface area contributed by atoms with E-state index >= 15 is 0 Å². The number of hydrogen-bond donors (Lipinski definition) is 4. The van der Waals surface area contributed by atoms with Crippen molar-refractivity contribution in [1.29, 1.82) is 0 Å². The van der Waals surface area contributed by atoms with Crippen LogP contribution in [0.1, 0.15) is 48.9 Å². The van der Waals surface area contributed by atoms with Crippen molar-refractivity contribution in [3.8, 4) is 0 Å². The summed E-state index contributed by atoms with van der Waals surface area (Å²) in [6, 6.07) is 5.51. The quantitative estimate of drug-likeness (QED) is 0.495. The number of rotatable bonds is 4. The van der Waals surface area contributed by atoms with Crippen LogP contribution in [0.15, 0.2) is 29.2 Å². The van der Waals surface area contributed by atoms with Crippen LogP contribution in [0.5, 0.6) is 0 Å². The zero-order chi connectivity index (χ0) is 20.8. The Bertz CT molecular complexity index is 1080. The molecule has 1 unspecified atom stereocenters. The summed E-state index contributed by atoms with van der Waals surface area (Å²) in [4.78, 5) is 20.2. The number of halogens is 1. The Morgan fingerprint density at radius 3 is 3.00 bits per heavy atom. The zero-order valence-electron chi connectivity index (χ0n) is 17.1. The molecule has 1 fully saturated rings. The third kappa shape index (κ3) is 3.49. The fourth-order valence-electron chi connectivity index (χ4n) is 5.09. The molecule has 3 aromatic rings. The van der Waals surface area contributed by atoms with Crippen LogP contribution in [0.2, 0.25) is 0 Å². The molecule has 1 aromatic carbocycles. The van der Waals surface area contributed by atoms with Crippen molar-refractivity contribution in [2.24, 2.45) is 0 Å². The first-order valence-electron chi connectivity index (χ1n) is 10.7. The first kappa shape index (κ1) is 19.5. The fraction of sp³-hybridized carbons (Fsp3) is 0.500. The van der Waals surface area contributed by atoms with Gasteiger partial charge >= 0.3 is 5.69 Å². The van der Waals surface area contributed by atoms with Crippen molar-refractivity contribution >= 4 is 10.9 Å². The van der Waals surface area contributed by atoms with E-state index in [-0.39, 0.29) is 17.5 Å². The van der Waals surface area contributed by atoms with Crippen LogP contribution >= 0.6 is 0 Å². The van der Waals surface area contributed by atoms with Gasteiger partial charge < -0.3 is 15.1 Å². The first-order valence-corrected chi connectivity index (χ1v) is 10.7. The second kappa shape index (κ2) is 7.68. The Morgan fingerprint density at radius 2 is 2.17 bits per heavy atom. The zero-order valence-corrected chi connectivity index (χ0v) is 17.1. The first-order chi connectivity index (χ1) is 14.5. The maximum Gasteiger partial charge on any atom is 0.325 e. The van der Waals surface area contributed by atoms with Gasteiger partial charge in [0.1, 0.15) is 12.0 Å². The van der Waals surface area contributed by atoms with Gasteiger partial charge in [-0.2, -0.15) is 0 Å². The van der Waals surface area contributed by atoms with Crippen LogP contribution in [-0.2, 0) is 13.1 Å². The van der Waals surface area contributed by atoms with Gasteiger partial charge in [0.2, 0.25) is 0 Å². The lowest BCUT2D eigenvalue weighted by atomic mass is 9.89. The minimum Gasteiger partial charge on any atom is -0.373 e. The SMILES string of the molecule is Cc1ccc(F)c2cc(C(O)N[C@@H]3CCC[C@H](N4CCn5c(c[nH]c5=O)C4)C3)[nH]c12. The van der Waals surface area contributed by atoms with E-state index in [1.54, 1.807) is 12.1 Å². The van der Waals surface area contributed by atoms with Crippen LogP contribution in [-0.4, -0.2) is 43.2 Å². The topological polar surface area (TPSA) is 89.1 Å². The molecule has 1 saturated carbocycles. The number of aliphatic hydroxyl groups excluding tert-OH is 1. The Labute approximate surface area is 173 Å². The highest BCUT2D eigenvalue weighted by molar-refractivity contribution is 5.84. The summed E-state index contributed by atoms with van der Waals surface area (Å²) in [5, 5.41) is 14.6. The maximum atomic E-state index is 14.1. The van der Waals surface area contributed by atoms with Gasteiger partial charge in [0.05, 0.1) is 16.9 Å².